The molecule has 23 heavy (non-hydrogen) atoms. The third-order valence-corrected chi connectivity index (χ3v) is 5.92. The molecule has 2 N–H and O–H groups in total. The zero-order chi connectivity index (χ0) is 16.8. The maximum Gasteiger partial charge on any atom is 0.408 e. The average Bonchev–Trinajstić information content (AvgIpc) is 2.38. The van der Waals surface area contributed by atoms with Gasteiger partial charge in [-0.15, -0.1) is 0 Å². The van der Waals surface area contributed by atoms with E-state index in [2.05, 4.69) is 5.32 Å². The number of aliphatic carboxylic acids is 1. The number of amides is 1. The Kier molecular flexibility index (Phi) is 4.32. The van der Waals surface area contributed by atoms with Crippen molar-refractivity contribution in [2.45, 2.75) is 70.9 Å². The van der Waals surface area contributed by atoms with E-state index in [0.717, 1.165) is 11.8 Å². The van der Waals surface area contributed by atoms with Gasteiger partial charge in [0, 0.05) is 0 Å². The van der Waals surface area contributed by atoms with E-state index >= 15 is 0 Å². The average molecular weight is 323 g/mol. The predicted octanol–water partition coefficient (Wildman–Crippen LogP) is 3.43. The van der Waals surface area contributed by atoms with E-state index < -0.39 is 23.7 Å². The molecule has 0 aliphatic heterocycles. The number of carboxylic acids is 1. The Balaban J connectivity index is 1.61. The standard InChI is InChI=1S/C18H29NO4/c1-18(2,3)23-17(22)19-15(16(20)21)9-14-12-5-10-4-11(7-12)8-13(14)6-10/h10-15H,4-9H2,1-3H3,(H,19,22)(H,20,21)/t10?,11?,12?,13?,14?,15-/m0/s1. The van der Waals surface area contributed by atoms with Crippen molar-refractivity contribution in [2.24, 2.45) is 29.6 Å². The highest BCUT2D eigenvalue weighted by Gasteiger charge is 2.49. The largest absolute Gasteiger partial charge is 0.480 e. The van der Waals surface area contributed by atoms with Gasteiger partial charge in [0.15, 0.2) is 0 Å². The first kappa shape index (κ1) is 16.6. The molecule has 0 unspecified atom stereocenters. The molecule has 0 aromatic rings. The molecule has 4 rings (SSSR count). The van der Waals surface area contributed by atoms with Crippen LogP contribution >= 0.6 is 0 Å². The topological polar surface area (TPSA) is 75.6 Å². The van der Waals surface area contributed by atoms with Crippen LogP contribution in [0.15, 0.2) is 0 Å². The van der Waals surface area contributed by atoms with Crippen LogP contribution in [0, 0.1) is 29.6 Å². The summed E-state index contributed by atoms with van der Waals surface area (Å²) in [7, 11) is 0. The van der Waals surface area contributed by atoms with Gasteiger partial charge < -0.3 is 15.2 Å². The Hall–Kier alpha value is -1.26. The van der Waals surface area contributed by atoms with Gasteiger partial charge >= 0.3 is 12.1 Å². The zero-order valence-electron chi connectivity index (χ0n) is 14.4. The molecule has 0 spiro atoms. The summed E-state index contributed by atoms with van der Waals surface area (Å²) in [5.74, 6) is 2.55. The number of nitrogens with one attached hydrogen (secondary N) is 1. The number of carbonyl (C=O) groups excluding carboxylic acids is 1. The van der Waals surface area contributed by atoms with E-state index in [1.807, 2.05) is 0 Å². The molecular formula is C18H29NO4. The molecule has 0 aromatic heterocycles. The normalized spacial score (nSPS) is 36.6. The summed E-state index contributed by atoms with van der Waals surface area (Å²) in [5, 5.41) is 12.1. The van der Waals surface area contributed by atoms with E-state index in [1.165, 1.54) is 32.1 Å². The van der Waals surface area contributed by atoms with Crippen molar-refractivity contribution < 1.29 is 19.4 Å². The minimum atomic E-state index is -0.954. The van der Waals surface area contributed by atoms with Crippen LogP contribution in [0.2, 0.25) is 0 Å². The fourth-order valence-corrected chi connectivity index (χ4v) is 5.37. The first-order valence-electron chi connectivity index (χ1n) is 8.93. The maximum atomic E-state index is 11.9. The van der Waals surface area contributed by atoms with Crippen molar-refractivity contribution in [2.75, 3.05) is 0 Å². The number of carboxylic acid groups (broad SMARTS) is 1. The second-order valence-corrected chi connectivity index (χ2v) is 8.87. The summed E-state index contributed by atoms with van der Waals surface area (Å²) in [6.07, 6.45) is 6.34. The highest BCUT2D eigenvalue weighted by molar-refractivity contribution is 5.80. The van der Waals surface area contributed by atoms with Gasteiger partial charge in [0.05, 0.1) is 0 Å². The van der Waals surface area contributed by atoms with E-state index in [0.29, 0.717) is 24.2 Å². The Morgan fingerprint density at radius 1 is 1.09 bits per heavy atom. The Morgan fingerprint density at radius 3 is 2.04 bits per heavy atom. The molecular weight excluding hydrogens is 294 g/mol. The van der Waals surface area contributed by atoms with Crippen molar-refractivity contribution in [3.63, 3.8) is 0 Å². The number of alkyl carbamates (subject to hydrolysis) is 1. The minimum absolute atomic E-state index is 0.443. The van der Waals surface area contributed by atoms with Crippen LogP contribution in [0.1, 0.15) is 59.3 Å². The molecule has 1 amide bonds. The van der Waals surface area contributed by atoms with Crippen LogP contribution in [-0.4, -0.2) is 28.8 Å². The Labute approximate surface area is 138 Å². The molecule has 0 radical (unpaired) electrons. The quantitative estimate of drug-likeness (QED) is 0.831. The predicted molar refractivity (Wildman–Crippen MR) is 85.9 cm³/mol. The van der Waals surface area contributed by atoms with Gasteiger partial charge in [0.2, 0.25) is 0 Å². The van der Waals surface area contributed by atoms with E-state index in [1.54, 1.807) is 20.8 Å². The molecule has 4 bridgehead atoms. The van der Waals surface area contributed by atoms with E-state index in [4.69, 9.17) is 4.74 Å². The molecule has 5 heteroatoms. The monoisotopic (exact) mass is 323 g/mol. The molecule has 0 heterocycles. The molecule has 1 atom stereocenters. The van der Waals surface area contributed by atoms with Gasteiger partial charge in [-0.25, -0.2) is 9.59 Å². The van der Waals surface area contributed by atoms with Crippen molar-refractivity contribution in [3.05, 3.63) is 0 Å². The second-order valence-electron chi connectivity index (χ2n) is 8.87. The Morgan fingerprint density at radius 2 is 1.61 bits per heavy atom. The highest BCUT2D eigenvalue weighted by atomic mass is 16.6. The number of carbonyl (C=O) groups is 2. The molecule has 0 aromatic carbocycles. The summed E-state index contributed by atoms with van der Waals surface area (Å²) < 4.78 is 5.21. The summed E-state index contributed by atoms with van der Waals surface area (Å²) in [6.45, 7) is 5.33. The van der Waals surface area contributed by atoms with Crippen molar-refractivity contribution in [1.82, 2.24) is 5.32 Å². The third kappa shape index (κ3) is 3.81. The van der Waals surface area contributed by atoms with E-state index in [9.17, 15) is 14.7 Å². The van der Waals surface area contributed by atoms with Crippen LogP contribution in [-0.2, 0) is 9.53 Å². The van der Waals surface area contributed by atoms with Crippen LogP contribution in [0.4, 0.5) is 4.79 Å². The molecule has 130 valence electrons. The lowest BCUT2D eigenvalue weighted by molar-refractivity contribution is -0.141. The van der Waals surface area contributed by atoms with Crippen molar-refractivity contribution in [3.8, 4) is 0 Å². The Bertz CT molecular complexity index is 454. The molecule has 5 nitrogen and oxygen atoms in total. The second kappa shape index (κ2) is 5.99. The lowest BCUT2D eigenvalue weighted by Crippen LogP contribution is -2.50. The van der Waals surface area contributed by atoms with Crippen LogP contribution in [0.3, 0.4) is 0 Å². The summed E-state index contributed by atoms with van der Waals surface area (Å²) in [6, 6.07) is -0.840. The summed E-state index contributed by atoms with van der Waals surface area (Å²) in [5.41, 5.74) is -0.615. The number of rotatable bonds is 4. The van der Waals surface area contributed by atoms with Crippen LogP contribution in [0.5, 0.6) is 0 Å². The first-order chi connectivity index (χ1) is 10.7. The fraction of sp³-hybridized carbons (Fsp3) is 0.889. The SMILES string of the molecule is CC(C)(C)OC(=O)N[C@@H](CC1C2CC3CC(C2)CC1C3)C(=O)O. The summed E-state index contributed by atoms with van der Waals surface area (Å²) in [4.78, 5) is 23.5. The minimum Gasteiger partial charge on any atom is -0.480 e. The molecule has 0 saturated heterocycles. The highest BCUT2D eigenvalue weighted by Crippen LogP contribution is 2.57. The molecule has 4 aliphatic rings. The summed E-state index contributed by atoms with van der Waals surface area (Å²) >= 11 is 0. The lowest BCUT2D eigenvalue weighted by Gasteiger charge is -2.55. The van der Waals surface area contributed by atoms with Gasteiger partial charge in [0.25, 0.3) is 0 Å². The molecule has 4 saturated carbocycles. The molecule has 4 aliphatic carbocycles. The lowest BCUT2D eigenvalue weighted by atomic mass is 9.51. The third-order valence-electron chi connectivity index (χ3n) is 5.92. The number of hydrogen-bond acceptors (Lipinski definition) is 3. The van der Waals surface area contributed by atoms with Crippen LogP contribution < -0.4 is 5.32 Å². The van der Waals surface area contributed by atoms with Gasteiger partial charge in [-0.05, 0) is 88.9 Å². The van der Waals surface area contributed by atoms with Gasteiger partial charge in [-0.1, -0.05) is 0 Å². The van der Waals surface area contributed by atoms with Crippen molar-refractivity contribution >= 4 is 12.1 Å². The van der Waals surface area contributed by atoms with Gasteiger partial charge in [-0.2, -0.15) is 0 Å². The van der Waals surface area contributed by atoms with Gasteiger partial charge in [0.1, 0.15) is 11.6 Å². The molecule has 4 fully saturated rings. The maximum absolute atomic E-state index is 11.9. The van der Waals surface area contributed by atoms with Crippen LogP contribution in [0.25, 0.3) is 0 Å². The van der Waals surface area contributed by atoms with Gasteiger partial charge in [-0.3, -0.25) is 0 Å². The number of ether oxygens (including phenoxy) is 1. The van der Waals surface area contributed by atoms with E-state index in [-0.39, 0.29) is 0 Å². The first-order valence-corrected chi connectivity index (χ1v) is 8.93. The smallest absolute Gasteiger partial charge is 0.408 e. The zero-order valence-corrected chi connectivity index (χ0v) is 14.4. The number of hydrogen-bond donors (Lipinski definition) is 2. The van der Waals surface area contributed by atoms with Crippen molar-refractivity contribution in [1.29, 1.82) is 0 Å². The fourth-order valence-electron chi connectivity index (χ4n) is 5.37.